The van der Waals surface area contributed by atoms with Crippen molar-refractivity contribution in [3.05, 3.63) is 54.6 Å². The topological polar surface area (TPSA) is 93.8 Å². The van der Waals surface area contributed by atoms with Gasteiger partial charge in [-0.25, -0.2) is 4.79 Å². The number of hydrogen-bond acceptors (Lipinski definition) is 4. The van der Waals surface area contributed by atoms with Gasteiger partial charge in [-0.05, 0) is 37.3 Å². The van der Waals surface area contributed by atoms with E-state index in [1.165, 1.54) is 6.92 Å². The van der Waals surface area contributed by atoms with E-state index in [-0.39, 0.29) is 17.8 Å². The summed E-state index contributed by atoms with van der Waals surface area (Å²) >= 11 is 0. The number of amides is 4. The molecule has 158 valence electrons. The van der Waals surface area contributed by atoms with Crippen molar-refractivity contribution in [2.75, 3.05) is 41.7 Å². The number of para-hydroxylation sites is 1. The smallest absolute Gasteiger partial charge is 0.318 e. The highest BCUT2D eigenvalue weighted by Crippen LogP contribution is 2.16. The lowest BCUT2D eigenvalue weighted by atomic mass is 10.2. The molecule has 1 aliphatic heterocycles. The first-order valence-electron chi connectivity index (χ1n) is 9.96. The highest BCUT2D eigenvalue weighted by molar-refractivity contribution is 5.97. The minimum atomic E-state index is -0.700. The fraction of sp³-hybridized carbons (Fsp3) is 0.318. The molecular formula is C22H27N5O3. The predicted octanol–water partition coefficient (Wildman–Crippen LogP) is 2.50. The molecule has 1 aliphatic rings. The van der Waals surface area contributed by atoms with Gasteiger partial charge in [-0.1, -0.05) is 24.3 Å². The van der Waals surface area contributed by atoms with Crippen molar-refractivity contribution in [1.82, 2.24) is 10.2 Å². The quantitative estimate of drug-likeness (QED) is 0.707. The molecule has 1 fully saturated rings. The van der Waals surface area contributed by atoms with Crippen LogP contribution in [0, 0.1) is 0 Å². The Labute approximate surface area is 176 Å². The first kappa shape index (κ1) is 21.2. The third-order valence-electron chi connectivity index (χ3n) is 4.87. The summed E-state index contributed by atoms with van der Waals surface area (Å²) in [6.07, 6.45) is 0. The summed E-state index contributed by atoms with van der Waals surface area (Å²) in [7, 11) is 0. The number of nitrogens with one attached hydrogen (secondary N) is 3. The second kappa shape index (κ2) is 9.78. The van der Waals surface area contributed by atoms with E-state index >= 15 is 0 Å². The molecule has 3 N–H and O–H groups in total. The maximum Gasteiger partial charge on any atom is 0.318 e. The molecule has 0 bridgehead atoms. The number of urea groups is 1. The average Bonchev–Trinajstić information content (AvgIpc) is 2.74. The number of benzene rings is 2. The molecule has 8 nitrogen and oxygen atoms in total. The van der Waals surface area contributed by atoms with Crippen LogP contribution < -0.4 is 20.9 Å². The zero-order valence-corrected chi connectivity index (χ0v) is 17.2. The van der Waals surface area contributed by atoms with E-state index in [2.05, 4.69) is 33.0 Å². The number of nitrogens with zero attached hydrogens (tertiary/aromatic N) is 2. The molecular weight excluding hydrogens is 382 g/mol. The van der Waals surface area contributed by atoms with Crippen LogP contribution in [-0.2, 0) is 9.59 Å². The van der Waals surface area contributed by atoms with Crippen molar-refractivity contribution >= 4 is 34.9 Å². The molecule has 2 aromatic carbocycles. The molecule has 0 saturated carbocycles. The summed E-state index contributed by atoms with van der Waals surface area (Å²) in [4.78, 5) is 40.1. The van der Waals surface area contributed by atoms with E-state index in [4.69, 9.17) is 0 Å². The first-order valence-corrected chi connectivity index (χ1v) is 9.96. The van der Waals surface area contributed by atoms with Crippen molar-refractivity contribution in [3.63, 3.8) is 0 Å². The number of rotatable bonds is 5. The van der Waals surface area contributed by atoms with Crippen molar-refractivity contribution in [1.29, 1.82) is 0 Å². The Morgan fingerprint density at radius 3 is 2.13 bits per heavy atom. The zero-order chi connectivity index (χ0) is 21.5. The molecule has 0 spiro atoms. The molecule has 1 atom stereocenters. The summed E-state index contributed by atoms with van der Waals surface area (Å²) in [6, 6.07) is 16.0. The van der Waals surface area contributed by atoms with Crippen LogP contribution in [0.3, 0.4) is 0 Å². The molecule has 1 saturated heterocycles. The summed E-state index contributed by atoms with van der Waals surface area (Å²) in [5, 5.41) is 8.19. The zero-order valence-electron chi connectivity index (χ0n) is 17.2. The Balaban J connectivity index is 1.48. The molecule has 0 aromatic heterocycles. The molecule has 1 heterocycles. The third-order valence-corrected chi connectivity index (χ3v) is 4.87. The number of anilines is 3. The van der Waals surface area contributed by atoms with Crippen molar-refractivity contribution in [2.45, 2.75) is 19.9 Å². The highest BCUT2D eigenvalue weighted by atomic mass is 16.2. The Morgan fingerprint density at radius 1 is 0.867 bits per heavy atom. The first-order chi connectivity index (χ1) is 14.4. The lowest BCUT2D eigenvalue weighted by Gasteiger charge is -2.36. The van der Waals surface area contributed by atoms with Crippen LogP contribution in [0.25, 0.3) is 0 Å². The number of hydrogen-bond donors (Lipinski definition) is 3. The van der Waals surface area contributed by atoms with E-state index in [0.717, 1.165) is 18.8 Å². The van der Waals surface area contributed by atoms with Crippen LogP contribution in [0.4, 0.5) is 21.9 Å². The van der Waals surface area contributed by atoms with Gasteiger partial charge >= 0.3 is 6.03 Å². The van der Waals surface area contributed by atoms with Gasteiger partial charge in [0.2, 0.25) is 11.8 Å². The summed E-state index contributed by atoms with van der Waals surface area (Å²) < 4.78 is 0. The van der Waals surface area contributed by atoms with Gasteiger partial charge in [0.25, 0.3) is 0 Å². The van der Waals surface area contributed by atoms with E-state index < -0.39 is 6.04 Å². The Kier molecular flexibility index (Phi) is 6.90. The predicted molar refractivity (Wildman–Crippen MR) is 118 cm³/mol. The maximum absolute atomic E-state index is 12.6. The Bertz CT molecular complexity index is 895. The third kappa shape index (κ3) is 5.73. The van der Waals surface area contributed by atoms with E-state index in [1.807, 2.05) is 18.2 Å². The van der Waals surface area contributed by atoms with Crippen LogP contribution in [-0.4, -0.2) is 55.0 Å². The van der Waals surface area contributed by atoms with Crippen molar-refractivity contribution in [3.8, 4) is 0 Å². The maximum atomic E-state index is 12.6. The molecule has 0 radical (unpaired) electrons. The highest BCUT2D eigenvalue weighted by Gasteiger charge is 2.24. The molecule has 0 unspecified atom stereocenters. The van der Waals surface area contributed by atoms with Gasteiger partial charge in [0.15, 0.2) is 0 Å². The van der Waals surface area contributed by atoms with E-state index in [0.29, 0.717) is 24.5 Å². The Hall–Kier alpha value is -3.55. The summed E-state index contributed by atoms with van der Waals surface area (Å²) in [6.45, 7) is 5.73. The fourth-order valence-corrected chi connectivity index (χ4v) is 3.28. The van der Waals surface area contributed by atoms with Gasteiger partial charge in [-0.3, -0.25) is 9.59 Å². The van der Waals surface area contributed by atoms with Gasteiger partial charge in [-0.15, -0.1) is 0 Å². The number of carbonyl (C=O) groups excluding carboxylic acids is 3. The van der Waals surface area contributed by atoms with Gasteiger partial charge in [0.1, 0.15) is 6.04 Å². The van der Waals surface area contributed by atoms with Crippen LogP contribution in [0.5, 0.6) is 0 Å². The van der Waals surface area contributed by atoms with Crippen LogP contribution in [0.2, 0.25) is 0 Å². The fourth-order valence-electron chi connectivity index (χ4n) is 3.28. The second-order valence-corrected chi connectivity index (χ2v) is 7.23. The molecule has 2 aromatic rings. The lowest BCUT2D eigenvalue weighted by molar-refractivity contribution is -0.117. The van der Waals surface area contributed by atoms with E-state index in [9.17, 15) is 14.4 Å². The molecule has 30 heavy (non-hydrogen) atoms. The van der Waals surface area contributed by atoms with Crippen LogP contribution >= 0.6 is 0 Å². The molecule has 4 amide bonds. The molecule has 8 heteroatoms. The minimum absolute atomic E-state index is 0.188. The normalized spacial score (nSPS) is 14.6. The molecule has 0 aliphatic carbocycles. The Morgan fingerprint density at radius 2 is 1.50 bits per heavy atom. The SMILES string of the molecule is CC(=O)Nc1cccc(NC(=O)[C@H](C)NC(=O)N2CCN(c3ccccc3)CC2)c1. The van der Waals surface area contributed by atoms with Gasteiger partial charge in [0.05, 0.1) is 0 Å². The largest absolute Gasteiger partial charge is 0.368 e. The van der Waals surface area contributed by atoms with Gasteiger partial charge in [0, 0.05) is 50.2 Å². The average molecular weight is 409 g/mol. The second-order valence-electron chi connectivity index (χ2n) is 7.23. The monoisotopic (exact) mass is 409 g/mol. The molecule has 3 rings (SSSR count). The van der Waals surface area contributed by atoms with Crippen LogP contribution in [0.15, 0.2) is 54.6 Å². The minimum Gasteiger partial charge on any atom is -0.368 e. The standard InChI is InChI=1S/C22H27N5O3/c1-16(21(29)25-19-8-6-7-18(15-19)24-17(2)28)23-22(30)27-13-11-26(12-14-27)20-9-4-3-5-10-20/h3-10,15-16H,11-14H2,1-2H3,(H,23,30)(H,24,28)(H,25,29)/t16-/m0/s1. The van der Waals surface area contributed by atoms with Crippen molar-refractivity contribution in [2.24, 2.45) is 0 Å². The number of piperazine rings is 1. The van der Waals surface area contributed by atoms with E-state index in [1.54, 1.807) is 36.1 Å². The summed E-state index contributed by atoms with van der Waals surface area (Å²) in [5.74, 6) is -0.516. The van der Waals surface area contributed by atoms with Crippen LogP contribution in [0.1, 0.15) is 13.8 Å². The van der Waals surface area contributed by atoms with Gasteiger partial charge in [-0.2, -0.15) is 0 Å². The van der Waals surface area contributed by atoms with Crippen molar-refractivity contribution < 1.29 is 14.4 Å². The number of carbonyl (C=O) groups is 3. The summed E-state index contributed by atoms with van der Waals surface area (Å²) in [5.41, 5.74) is 2.28. The lowest BCUT2D eigenvalue weighted by Crippen LogP contribution is -2.54. The van der Waals surface area contributed by atoms with Gasteiger partial charge < -0.3 is 25.8 Å².